The molecule has 1 amide bonds. The highest BCUT2D eigenvalue weighted by atomic mass is 35.5. The Labute approximate surface area is 150 Å². The van der Waals surface area contributed by atoms with Crippen molar-refractivity contribution in [1.82, 2.24) is 5.32 Å². The van der Waals surface area contributed by atoms with Crippen molar-refractivity contribution in [2.75, 3.05) is 13.8 Å². The molecule has 1 unspecified atom stereocenters. The van der Waals surface area contributed by atoms with Crippen LogP contribution in [-0.2, 0) is 17.9 Å². The standard InChI is InChI=1S/C17H19ClN2O3S/c1-11(20(2)9-13-4-6-16(18)24-13)17(21)19-8-12-3-5-14-15(7-12)23-10-22-14/h3-7,11H,8-10H2,1-2H3,(H,19,21)/p+1/t11-/m0/s1. The normalized spacial score (nSPS) is 15.1. The summed E-state index contributed by atoms with van der Waals surface area (Å²) in [5.41, 5.74) is 0.988. The lowest BCUT2D eigenvalue weighted by atomic mass is 10.2. The van der Waals surface area contributed by atoms with Crippen molar-refractivity contribution in [3.8, 4) is 11.5 Å². The molecule has 0 fully saturated rings. The van der Waals surface area contributed by atoms with Crippen molar-refractivity contribution >= 4 is 28.8 Å². The van der Waals surface area contributed by atoms with Crippen LogP contribution < -0.4 is 19.7 Å². The first kappa shape index (κ1) is 17.1. The van der Waals surface area contributed by atoms with E-state index in [1.807, 2.05) is 44.3 Å². The fourth-order valence-electron chi connectivity index (χ4n) is 2.49. The maximum atomic E-state index is 12.4. The van der Waals surface area contributed by atoms with E-state index in [0.717, 1.165) is 32.8 Å². The SMILES string of the molecule is C[C@@H](C(=O)NCc1ccc2c(c1)OCO2)[NH+](C)Cc1ccc(Cl)s1. The summed E-state index contributed by atoms with van der Waals surface area (Å²) in [7, 11) is 2.01. The number of hydrogen-bond donors (Lipinski definition) is 2. The lowest BCUT2D eigenvalue weighted by Crippen LogP contribution is -3.12. The van der Waals surface area contributed by atoms with E-state index in [0.29, 0.717) is 6.54 Å². The van der Waals surface area contributed by atoms with Gasteiger partial charge in [-0.2, -0.15) is 0 Å². The summed E-state index contributed by atoms with van der Waals surface area (Å²) in [6.07, 6.45) is 0. The van der Waals surface area contributed by atoms with E-state index in [4.69, 9.17) is 21.1 Å². The van der Waals surface area contributed by atoms with Gasteiger partial charge in [0.1, 0.15) is 6.54 Å². The number of nitrogens with one attached hydrogen (secondary N) is 2. The third-order valence-electron chi connectivity index (χ3n) is 4.12. The zero-order valence-corrected chi connectivity index (χ0v) is 15.2. The van der Waals surface area contributed by atoms with Crippen LogP contribution in [0.25, 0.3) is 0 Å². The lowest BCUT2D eigenvalue weighted by Gasteiger charge is -2.20. The van der Waals surface area contributed by atoms with Gasteiger partial charge in [0.15, 0.2) is 17.5 Å². The summed E-state index contributed by atoms with van der Waals surface area (Å²) in [5.74, 6) is 1.50. The van der Waals surface area contributed by atoms with Crippen LogP contribution in [0.2, 0.25) is 4.34 Å². The van der Waals surface area contributed by atoms with Crippen molar-refractivity contribution in [2.24, 2.45) is 0 Å². The van der Waals surface area contributed by atoms with Crippen molar-refractivity contribution in [2.45, 2.75) is 26.1 Å². The molecule has 1 aromatic carbocycles. The summed E-state index contributed by atoms with van der Waals surface area (Å²) < 4.78 is 11.4. The second kappa shape index (κ2) is 7.42. The largest absolute Gasteiger partial charge is 0.454 e. The van der Waals surface area contributed by atoms with Crippen molar-refractivity contribution in [3.05, 3.63) is 45.1 Å². The number of carbonyl (C=O) groups excluding carboxylic acids is 1. The molecular formula is C17H20ClN2O3S+. The van der Waals surface area contributed by atoms with Crippen LogP contribution in [0.1, 0.15) is 17.4 Å². The number of benzene rings is 1. The van der Waals surface area contributed by atoms with Gasteiger partial charge in [-0.1, -0.05) is 17.7 Å². The molecule has 3 rings (SSSR count). The van der Waals surface area contributed by atoms with Gasteiger partial charge in [0.05, 0.1) is 16.3 Å². The van der Waals surface area contributed by atoms with Gasteiger partial charge in [-0.05, 0) is 36.8 Å². The molecule has 0 saturated carbocycles. The molecule has 0 radical (unpaired) electrons. The number of fused-ring (bicyclic) bond motifs is 1. The average Bonchev–Trinajstić information content (AvgIpc) is 3.19. The van der Waals surface area contributed by atoms with Crippen LogP contribution in [0, 0.1) is 0 Å². The van der Waals surface area contributed by atoms with E-state index in [1.54, 1.807) is 11.3 Å². The highest BCUT2D eigenvalue weighted by Crippen LogP contribution is 2.32. The average molecular weight is 368 g/mol. The zero-order valence-electron chi connectivity index (χ0n) is 13.6. The molecule has 0 aliphatic carbocycles. The lowest BCUT2D eigenvalue weighted by molar-refractivity contribution is -0.907. The highest BCUT2D eigenvalue weighted by molar-refractivity contribution is 7.16. The van der Waals surface area contributed by atoms with E-state index >= 15 is 0 Å². The molecule has 2 N–H and O–H groups in total. The molecule has 1 aliphatic heterocycles. The monoisotopic (exact) mass is 367 g/mol. The Hall–Kier alpha value is -1.76. The number of rotatable bonds is 6. The Balaban J connectivity index is 1.52. The van der Waals surface area contributed by atoms with Crippen molar-refractivity contribution in [3.63, 3.8) is 0 Å². The first-order valence-electron chi connectivity index (χ1n) is 7.75. The first-order valence-corrected chi connectivity index (χ1v) is 8.95. The molecule has 0 spiro atoms. The third-order valence-corrected chi connectivity index (χ3v) is 5.35. The van der Waals surface area contributed by atoms with Gasteiger partial charge in [0.2, 0.25) is 6.79 Å². The quantitative estimate of drug-likeness (QED) is 0.819. The Morgan fingerprint density at radius 1 is 1.33 bits per heavy atom. The summed E-state index contributed by atoms with van der Waals surface area (Å²) in [4.78, 5) is 14.7. The van der Waals surface area contributed by atoms with Crippen LogP contribution in [-0.4, -0.2) is 25.8 Å². The predicted molar refractivity (Wildman–Crippen MR) is 93.8 cm³/mol. The fraction of sp³-hybridized carbons (Fsp3) is 0.353. The third kappa shape index (κ3) is 4.01. The molecule has 7 heteroatoms. The van der Waals surface area contributed by atoms with Gasteiger partial charge in [-0.15, -0.1) is 11.3 Å². The highest BCUT2D eigenvalue weighted by Gasteiger charge is 2.22. The van der Waals surface area contributed by atoms with Gasteiger partial charge in [0, 0.05) is 6.54 Å². The van der Waals surface area contributed by atoms with Crippen molar-refractivity contribution in [1.29, 1.82) is 0 Å². The molecule has 128 valence electrons. The molecule has 2 heterocycles. The summed E-state index contributed by atoms with van der Waals surface area (Å²) in [6.45, 7) is 3.43. The smallest absolute Gasteiger partial charge is 0.278 e. The van der Waals surface area contributed by atoms with Gasteiger partial charge in [-0.3, -0.25) is 4.79 Å². The Morgan fingerprint density at radius 2 is 2.12 bits per heavy atom. The van der Waals surface area contributed by atoms with E-state index in [-0.39, 0.29) is 18.7 Å². The molecule has 1 aromatic heterocycles. The minimum Gasteiger partial charge on any atom is -0.454 e. The van der Waals surface area contributed by atoms with E-state index in [2.05, 4.69) is 5.32 Å². The second-order valence-corrected chi connectivity index (χ2v) is 7.66. The van der Waals surface area contributed by atoms with Crippen LogP contribution in [0.5, 0.6) is 11.5 Å². The number of likely N-dealkylation sites (N-methyl/N-ethyl adjacent to an activating group) is 1. The molecule has 5 nitrogen and oxygen atoms in total. The topological polar surface area (TPSA) is 52.0 Å². The molecule has 2 aromatic rings. The van der Waals surface area contributed by atoms with Crippen molar-refractivity contribution < 1.29 is 19.2 Å². The Bertz CT molecular complexity index is 734. The minimum absolute atomic E-state index is 0.0211. The van der Waals surface area contributed by atoms with Gasteiger partial charge in [0.25, 0.3) is 5.91 Å². The summed E-state index contributed by atoms with van der Waals surface area (Å²) in [6, 6.07) is 9.44. The molecule has 0 bridgehead atoms. The first-order chi connectivity index (χ1) is 11.5. The number of quaternary nitrogens is 1. The number of amides is 1. The van der Waals surface area contributed by atoms with Gasteiger partial charge >= 0.3 is 0 Å². The van der Waals surface area contributed by atoms with Crippen LogP contribution in [0.4, 0.5) is 0 Å². The number of ether oxygens (including phenoxy) is 2. The Morgan fingerprint density at radius 3 is 2.88 bits per heavy atom. The maximum Gasteiger partial charge on any atom is 0.278 e. The van der Waals surface area contributed by atoms with Gasteiger partial charge in [-0.25, -0.2) is 0 Å². The number of hydrogen-bond acceptors (Lipinski definition) is 4. The predicted octanol–water partition coefficient (Wildman–Crippen LogP) is 1.85. The summed E-state index contributed by atoms with van der Waals surface area (Å²) >= 11 is 7.51. The second-order valence-electron chi connectivity index (χ2n) is 5.86. The van der Waals surface area contributed by atoms with E-state index < -0.39 is 0 Å². The molecule has 1 aliphatic rings. The molecular weight excluding hydrogens is 348 g/mol. The maximum absolute atomic E-state index is 12.4. The Kier molecular flexibility index (Phi) is 5.28. The van der Waals surface area contributed by atoms with Crippen LogP contribution in [0.15, 0.2) is 30.3 Å². The number of halogens is 1. The molecule has 0 saturated heterocycles. The van der Waals surface area contributed by atoms with E-state index in [9.17, 15) is 4.79 Å². The number of carbonyl (C=O) groups is 1. The molecule has 2 atom stereocenters. The van der Waals surface area contributed by atoms with E-state index in [1.165, 1.54) is 4.88 Å². The minimum atomic E-state index is -0.153. The number of thiophene rings is 1. The van der Waals surface area contributed by atoms with Crippen LogP contribution in [0.3, 0.4) is 0 Å². The van der Waals surface area contributed by atoms with Crippen LogP contribution >= 0.6 is 22.9 Å². The fourth-order valence-corrected chi connectivity index (χ4v) is 3.67. The zero-order chi connectivity index (χ0) is 17.1. The van der Waals surface area contributed by atoms with Gasteiger partial charge < -0.3 is 19.7 Å². The molecule has 24 heavy (non-hydrogen) atoms. The summed E-state index contributed by atoms with van der Waals surface area (Å²) in [5, 5.41) is 2.98.